The first-order valence-corrected chi connectivity index (χ1v) is 18.9. The normalized spacial score (nSPS) is 11.5. The van der Waals surface area contributed by atoms with Gasteiger partial charge >= 0.3 is 0 Å². The van der Waals surface area contributed by atoms with Crippen molar-refractivity contribution in [3.8, 4) is 62.0 Å². The van der Waals surface area contributed by atoms with E-state index in [1.165, 1.54) is 10.9 Å². The molecule has 0 amide bonds. The Balaban J connectivity index is 1.02. The highest BCUT2D eigenvalue weighted by Gasteiger charge is 2.17. The van der Waals surface area contributed by atoms with Gasteiger partial charge in [-0.05, 0) is 121 Å². The molecule has 0 saturated heterocycles. The smallest absolute Gasteiger partial charge is 0.119 e. The van der Waals surface area contributed by atoms with Gasteiger partial charge in [-0.15, -0.1) is 0 Å². The van der Waals surface area contributed by atoms with Crippen molar-refractivity contribution in [2.45, 2.75) is 6.92 Å². The van der Waals surface area contributed by atoms with E-state index in [1.54, 1.807) is 21.3 Å². The molecule has 4 heterocycles. The summed E-state index contributed by atoms with van der Waals surface area (Å²) in [6.45, 7) is 2.13. The number of nitrogens with zero attached hydrogens (tertiary/aromatic N) is 4. The Hall–Kier alpha value is -7.38. The fourth-order valence-electron chi connectivity index (χ4n) is 8.20. The van der Waals surface area contributed by atoms with Gasteiger partial charge in [-0.3, -0.25) is 9.97 Å². The lowest BCUT2D eigenvalue weighted by atomic mass is 10.00. The van der Waals surface area contributed by atoms with Crippen molar-refractivity contribution < 1.29 is 14.2 Å². The fraction of sp³-hybridized carbons (Fsp3) is 0.0800. The van der Waals surface area contributed by atoms with Crippen LogP contribution in [0.3, 0.4) is 0 Å². The van der Waals surface area contributed by atoms with Crippen LogP contribution in [0.2, 0.25) is 0 Å². The predicted octanol–water partition coefficient (Wildman–Crippen LogP) is 12.0. The first-order chi connectivity index (χ1) is 28.0. The van der Waals surface area contributed by atoms with E-state index in [1.807, 2.05) is 43.0 Å². The van der Waals surface area contributed by atoms with Gasteiger partial charge in [-0.25, -0.2) is 0 Å². The molecular weight excluding hydrogens is 705 g/mol. The van der Waals surface area contributed by atoms with Gasteiger partial charge in [0.1, 0.15) is 17.2 Å². The van der Waals surface area contributed by atoms with Crippen molar-refractivity contribution in [3.05, 3.63) is 164 Å². The highest BCUT2D eigenvalue weighted by Crippen LogP contribution is 2.39. The Labute approximate surface area is 330 Å². The zero-order valence-corrected chi connectivity index (χ0v) is 32.0. The molecule has 0 bridgehead atoms. The zero-order valence-electron chi connectivity index (χ0n) is 32.0. The number of aryl methyl sites for hydroxylation is 1. The van der Waals surface area contributed by atoms with Crippen LogP contribution >= 0.6 is 0 Å². The molecule has 0 radical (unpaired) electrons. The van der Waals surface area contributed by atoms with Gasteiger partial charge in [0.05, 0.1) is 43.4 Å². The summed E-state index contributed by atoms with van der Waals surface area (Å²) in [6, 6.07) is 47.0. The van der Waals surface area contributed by atoms with Crippen LogP contribution in [0.4, 0.5) is 0 Å². The topological polar surface area (TPSA) is 63.3 Å². The molecule has 0 saturated carbocycles. The van der Waals surface area contributed by atoms with Gasteiger partial charge in [-0.1, -0.05) is 35.9 Å². The van der Waals surface area contributed by atoms with Crippen LogP contribution in [0.1, 0.15) is 5.56 Å². The number of aromatic nitrogens is 4. The molecule has 276 valence electrons. The summed E-state index contributed by atoms with van der Waals surface area (Å²) < 4.78 is 21.4. The second-order valence-corrected chi connectivity index (χ2v) is 14.4. The Morgan fingerprint density at radius 1 is 0.368 bits per heavy atom. The number of rotatable bonds is 8. The predicted molar refractivity (Wildman–Crippen MR) is 231 cm³/mol. The van der Waals surface area contributed by atoms with Crippen LogP contribution in [0, 0.1) is 6.92 Å². The van der Waals surface area contributed by atoms with E-state index in [2.05, 4.69) is 131 Å². The average molecular weight is 743 g/mol. The summed E-state index contributed by atoms with van der Waals surface area (Å²) in [5.74, 6) is 2.47. The molecule has 0 aliphatic carbocycles. The number of methoxy groups -OCH3 is 3. The van der Waals surface area contributed by atoms with Crippen molar-refractivity contribution in [2.75, 3.05) is 21.3 Å². The molecule has 7 nitrogen and oxygen atoms in total. The minimum absolute atomic E-state index is 0.812. The number of fused-ring (bicyclic) bond motifs is 6. The van der Waals surface area contributed by atoms with Gasteiger partial charge < -0.3 is 23.3 Å². The number of hydrogen-bond acceptors (Lipinski definition) is 5. The Morgan fingerprint density at radius 2 is 0.737 bits per heavy atom. The van der Waals surface area contributed by atoms with Crippen molar-refractivity contribution in [3.63, 3.8) is 0 Å². The second kappa shape index (κ2) is 13.7. The van der Waals surface area contributed by atoms with E-state index < -0.39 is 0 Å². The largest absolute Gasteiger partial charge is 0.497 e. The SMILES string of the molecule is COc1ccc2c(c1)c1cc(C)ccc1n2-c1cccc(-c2cncc(-c3cncc(-c4cccc(-n5c6ccc(OC)cc6c6cc(OC)ccc65)c4)c3)c2)c1. The third-order valence-corrected chi connectivity index (χ3v) is 11.0. The molecule has 57 heavy (non-hydrogen) atoms. The second-order valence-electron chi connectivity index (χ2n) is 14.4. The van der Waals surface area contributed by atoms with Gasteiger partial charge in [0.15, 0.2) is 0 Å². The molecule has 0 N–H and O–H groups in total. The van der Waals surface area contributed by atoms with Crippen LogP contribution < -0.4 is 14.2 Å². The number of hydrogen-bond donors (Lipinski definition) is 0. The lowest BCUT2D eigenvalue weighted by Gasteiger charge is -2.12. The maximum Gasteiger partial charge on any atom is 0.119 e. The van der Waals surface area contributed by atoms with E-state index in [-0.39, 0.29) is 0 Å². The summed E-state index contributed by atoms with van der Waals surface area (Å²) in [5.41, 5.74) is 14.0. The molecule has 0 aliphatic rings. The van der Waals surface area contributed by atoms with Crippen molar-refractivity contribution in [2.24, 2.45) is 0 Å². The van der Waals surface area contributed by atoms with Crippen LogP contribution in [0.5, 0.6) is 17.2 Å². The third-order valence-electron chi connectivity index (χ3n) is 11.0. The van der Waals surface area contributed by atoms with E-state index in [9.17, 15) is 0 Å². The lowest BCUT2D eigenvalue weighted by Crippen LogP contribution is -1.95. The minimum atomic E-state index is 0.812. The van der Waals surface area contributed by atoms with Crippen LogP contribution in [0.25, 0.3) is 88.4 Å². The molecule has 10 aromatic rings. The number of pyridine rings is 2. The third kappa shape index (κ3) is 5.83. The number of ether oxygens (including phenoxy) is 3. The molecular formula is C50H38N4O3. The molecule has 10 rings (SSSR count). The first kappa shape index (κ1) is 34.1. The summed E-state index contributed by atoms with van der Waals surface area (Å²) in [4.78, 5) is 9.44. The van der Waals surface area contributed by atoms with Crippen molar-refractivity contribution in [1.82, 2.24) is 19.1 Å². The van der Waals surface area contributed by atoms with E-state index in [0.717, 1.165) is 100 Å². The Morgan fingerprint density at radius 3 is 1.14 bits per heavy atom. The molecule has 0 unspecified atom stereocenters. The fourth-order valence-corrected chi connectivity index (χ4v) is 8.20. The lowest BCUT2D eigenvalue weighted by molar-refractivity contribution is 0.415. The van der Waals surface area contributed by atoms with E-state index in [4.69, 9.17) is 24.2 Å². The molecule has 7 heteroatoms. The molecule has 0 atom stereocenters. The quantitative estimate of drug-likeness (QED) is 0.155. The van der Waals surface area contributed by atoms with E-state index >= 15 is 0 Å². The van der Waals surface area contributed by atoms with Gasteiger partial charge in [0, 0.05) is 80.0 Å². The maximum atomic E-state index is 5.61. The number of benzene rings is 6. The van der Waals surface area contributed by atoms with Crippen molar-refractivity contribution in [1.29, 1.82) is 0 Å². The minimum Gasteiger partial charge on any atom is -0.497 e. The van der Waals surface area contributed by atoms with Crippen LogP contribution in [-0.4, -0.2) is 40.4 Å². The standard InChI is InChI=1S/C50H38N4O3/c1-31-11-15-47-43(19-31)44-24-40(55-2)12-16-48(44)53(47)38-9-5-7-32(22-38)34-20-36(29-51-27-34)37-21-35(28-52-30-37)33-8-6-10-39(23-33)54-49-17-13-41(56-3)25-45(49)46-26-42(57-4)14-18-50(46)54/h5-30H,1-4H3. The summed E-state index contributed by atoms with van der Waals surface area (Å²) in [6.07, 6.45) is 7.68. The van der Waals surface area contributed by atoms with Crippen LogP contribution in [-0.2, 0) is 0 Å². The summed E-state index contributed by atoms with van der Waals surface area (Å²) >= 11 is 0. The Kier molecular flexibility index (Phi) is 8.22. The molecule has 0 aliphatic heterocycles. The molecule has 0 fully saturated rings. The van der Waals surface area contributed by atoms with Crippen LogP contribution in [0.15, 0.2) is 158 Å². The van der Waals surface area contributed by atoms with Crippen molar-refractivity contribution >= 4 is 43.6 Å². The van der Waals surface area contributed by atoms with Gasteiger partial charge in [0.25, 0.3) is 0 Å². The molecule has 6 aromatic carbocycles. The summed E-state index contributed by atoms with van der Waals surface area (Å²) in [5, 5.41) is 4.56. The maximum absolute atomic E-state index is 5.61. The first-order valence-electron chi connectivity index (χ1n) is 18.9. The highest BCUT2D eigenvalue weighted by molar-refractivity contribution is 6.11. The van der Waals surface area contributed by atoms with Gasteiger partial charge in [-0.2, -0.15) is 0 Å². The monoisotopic (exact) mass is 742 g/mol. The average Bonchev–Trinajstić information content (AvgIpc) is 3.77. The van der Waals surface area contributed by atoms with Gasteiger partial charge in [0.2, 0.25) is 0 Å². The molecule has 0 spiro atoms. The zero-order chi connectivity index (χ0) is 38.6. The Bertz CT molecular complexity index is 3120. The molecule has 4 aromatic heterocycles. The van der Waals surface area contributed by atoms with E-state index in [0.29, 0.717) is 0 Å². The summed E-state index contributed by atoms with van der Waals surface area (Å²) in [7, 11) is 5.11. The highest BCUT2D eigenvalue weighted by atomic mass is 16.5.